The van der Waals surface area contributed by atoms with E-state index in [1.807, 2.05) is 14.1 Å². The molecular formula is C14H27IN6. The van der Waals surface area contributed by atoms with Crippen LogP contribution < -0.4 is 10.6 Å². The monoisotopic (exact) mass is 406 g/mol. The zero-order chi connectivity index (χ0) is 14.5. The Hall–Kier alpha value is -0.860. The van der Waals surface area contributed by atoms with Gasteiger partial charge in [-0.1, -0.05) is 13.8 Å². The Morgan fingerprint density at radius 2 is 2.00 bits per heavy atom. The second-order valence-electron chi connectivity index (χ2n) is 5.98. The van der Waals surface area contributed by atoms with Crippen molar-refractivity contribution in [3.05, 3.63) is 12.2 Å². The molecule has 120 valence electrons. The summed E-state index contributed by atoms with van der Waals surface area (Å²) in [6.45, 7) is 5.30. The number of halogens is 1. The molecule has 1 aliphatic carbocycles. The minimum absolute atomic E-state index is 0. The van der Waals surface area contributed by atoms with Gasteiger partial charge in [-0.15, -0.1) is 24.0 Å². The van der Waals surface area contributed by atoms with Crippen LogP contribution in [0.5, 0.6) is 0 Å². The van der Waals surface area contributed by atoms with E-state index in [9.17, 15) is 0 Å². The van der Waals surface area contributed by atoms with Crippen LogP contribution >= 0.6 is 24.0 Å². The number of nitrogens with zero attached hydrogens (tertiary/aromatic N) is 4. The Balaban J connectivity index is 0.00000220. The predicted molar refractivity (Wildman–Crippen MR) is 95.7 cm³/mol. The predicted octanol–water partition coefficient (Wildman–Crippen LogP) is 1.92. The van der Waals surface area contributed by atoms with E-state index in [0.29, 0.717) is 12.6 Å². The Labute approximate surface area is 144 Å². The first-order valence-corrected chi connectivity index (χ1v) is 7.38. The van der Waals surface area contributed by atoms with Crippen LogP contribution in [0.25, 0.3) is 0 Å². The molecule has 2 unspecified atom stereocenters. The summed E-state index contributed by atoms with van der Waals surface area (Å²) in [5, 5.41) is 10.9. The summed E-state index contributed by atoms with van der Waals surface area (Å²) in [5.74, 6) is 3.32. The van der Waals surface area contributed by atoms with Gasteiger partial charge >= 0.3 is 0 Å². The highest BCUT2D eigenvalue weighted by atomic mass is 127. The summed E-state index contributed by atoms with van der Waals surface area (Å²) in [5.41, 5.74) is 0. The second kappa shape index (κ2) is 8.55. The third kappa shape index (κ3) is 5.44. The van der Waals surface area contributed by atoms with E-state index in [4.69, 9.17) is 0 Å². The fourth-order valence-corrected chi connectivity index (χ4v) is 3.10. The summed E-state index contributed by atoms with van der Waals surface area (Å²) in [6, 6.07) is 0.513. The molecule has 7 heteroatoms. The Morgan fingerprint density at radius 1 is 1.33 bits per heavy atom. The highest BCUT2D eigenvalue weighted by molar-refractivity contribution is 14.0. The molecule has 21 heavy (non-hydrogen) atoms. The van der Waals surface area contributed by atoms with Gasteiger partial charge in [-0.2, -0.15) is 5.10 Å². The Bertz CT molecular complexity index is 448. The number of hydrogen-bond donors (Lipinski definition) is 2. The number of rotatable bonds is 3. The van der Waals surface area contributed by atoms with E-state index < -0.39 is 0 Å². The maximum Gasteiger partial charge on any atom is 0.191 e. The first kappa shape index (κ1) is 18.2. The van der Waals surface area contributed by atoms with Crippen LogP contribution in [0.3, 0.4) is 0 Å². The Morgan fingerprint density at radius 3 is 2.52 bits per heavy atom. The molecule has 0 spiro atoms. The van der Waals surface area contributed by atoms with Crippen LogP contribution in [0.2, 0.25) is 0 Å². The third-order valence-electron chi connectivity index (χ3n) is 3.96. The molecule has 1 heterocycles. The van der Waals surface area contributed by atoms with Crippen molar-refractivity contribution in [2.24, 2.45) is 23.9 Å². The molecule has 6 nitrogen and oxygen atoms in total. The topological polar surface area (TPSA) is 67.1 Å². The van der Waals surface area contributed by atoms with Gasteiger partial charge in [-0.25, -0.2) is 4.98 Å². The first-order chi connectivity index (χ1) is 9.58. The van der Waals surface area contributed by atoms with Crippen LogP contribution in [0.4, 0.5) is 0 Å². The highest BCUT2D eigenvalue weighted by Crippen LogP contribution is 2.28. The number of nitrogens with one attached hydrogen (secondary N) is 2. The normalized spacial score (nSPS) is 26.1. The van der Waals surface area contributed by atoms with Gasteiger partial charge in [0.1, 0.15) is 12.2 Å². The molecule has 1 saturated carbocycles. The maximum atomic E-state index is 4.30. The minimum atomic E-state index is 0. The van der Waals surface area contributed by atoms with E-state index in [1.165, 1.54) is 19.3 Å². The second-order valence-corrected chi connectivity index (χ2v) is 5.98. The summed E-state index contributed by atoms with van der Waals surface area (Å²) in [6.07, 6.45) is 5.34. The van der Waals surface area contributed by atoms with Gasteiger partial charge in [0.2, 0.25) is 0 Å². The van der Waals surface area contributed by atoms with Crippen LogP contribution in [0.1, 0.15) is 38.9 Å². The number of aromatic nitrogens is 3. The molecule has 0 bridgehead atoms. The fraction of sp³-hybridized carbons (Fsp3) is 0.786. The quantitative estimate of drug-likeness (QED) is 0.457. The smallest absolute Gasteiger partial charge is 0.191 e. The lowest BCUT2D eigenvalue weighted by Gasteiger charge is -2.32. The van der Waals surface area contributed by atoms with Crippen LogP contribution in [-0.2, 0) is 13.6 Å². The average Bonchev–Trinajstić information content (AvgIpc) is 2.79. The molecule has 2 N–H and O–H groups in total. The van der Waals surface area contributed by atoms with Gasteiger partial charge < -0.3 is 10.6 Å². The molecule has 1 aliphatic rings. The van der Waals surface area contributed by atoms with Crippen molar-refractivity contribution in [1.82, 2.24) is 25.4 Å². The molecule has 0 aromatic carbocycles. The third-order valence-corrected chi connectivity index (χ3v) is 3.96. The SMILES string of the molecule is CN=C(NCc1ncnn1C)NC1CC(C)CC(C)C1.I. The lowest BCUT2D eigenvalue weighted by Crippen LogP contribution is -2.46. The standard InChI is InChI=1S/C14H26N6.HI/c1-10-5-11(2)7-12(6-10)19-14(15-3)16-8-13-17-9-18-20(13)4;/h9-12H,5-8H2,1-4H3,(H2,15,16,19);1H. The lowest BCUT2D eigenvalue weighted by atomic mass is 9.80. The largest absolute Gasteiger partial charge is 0.354 e. The van der Waals surface area contributed by atoms with Crippen molar-refractivity contribution >= 4 is 29.9 Å². The maximum absolute atomic E-state index is 4.30. The van der Waals surface area contributed by atoms with Crippen molar-refractivity contribution in [3.63, 3.8) is 0 Å². The number of aliphatic imine (C=N–C) groups is 1. The van der Waals surface area contributed by atoms with Crippen LogP contribution in [0, 0.1) is 11.8 Å². The van der Waals surface area contributed by atoms with Gasteiger partial charge in [0.05, 0.1) is 6.54 Å². The molecule has 1 fully saturated rings. The van der Waals surface area contributed by atoms with Crippen molar-refractivity contribution in [1.29, 1.82) is 0 Å². The zero-order valence-corrected chi connectivity index (χ0v) is 15.7. The van der Waals surface area contributed by atoms with E-state index in [1.54, 1.807) is 11.0 Å². The minimum Gasteiger partial charge on any atom is -0.354 e. The molecule has 0 saturated heterocycles. The van der Waals surface area contributed by atoms with Gasteiger partial charge in [0.15, 0.2) is 5.96 Å². The fourth-order valence-electron chi connectivity index (χ4n) is 3.10. The molecule has 0 amide bonds. The van der Waals surface area contributed by atoms with Crippen molar-refractivity contribution < 1.29 is 0 Å². The van der Waals surface area contributed by atoms with E-state index in [-0.39, 0.29) is 24.0 Å². The van der Waals surface area contributed by atoms with E-state index in [2.05, 4.69) is 39.6 Å². The van der Waals surface area contributed by atoms with Crippen molar-refractivity contribution in [3.8, 4) is 0 Å². The Kier molecular flexibility index (Phi) is 7.41. The van der Waals surface area contributed by atoms with Gasteiger partial charge in [0, 0.05) is 20.1 Å². The molecule has 2 rings (SSSR count). The summed E-state index contributed by atoms with van der Waals surface area (Å²) >= 11 is 0. The summed E-state index contributed by atoms with van der Waals surface area (Å²) in [4.78, 5) is 8.50. The van der Waals surface area contributed by atoms with E-state index >= 15 is 0 Å². The number of hydrogen-bond acceptors (Lipinski definition) is 3. The first-order valence-electron chi connectivity index (χ1n) is 7.38. The molecule has 0 aliphatic heterocycles. The molecule has 0 radical (unpaired) electrons. The van der Waals surface area contributed by atoms with Gasteiger partial charge in [0.25, 0.3) is 0 Å². The molecule has 1 aromatic heterocycles. The summed E-state index contributed by atoms with van der Waals surface area (Å²) in [7, 11) is 3.70. The summed E-state index contributed by atoms with van der Waals surface area (Å²) < 4.78 is 1.77. The average molecular weight is 406 g/mol. The number of aryl methyl sites for hydroxylation is 1. The lowest BCUT2D eigenvalue weighted by molar-refractivity contribution is 0.255. The molecule has 2 atom stereocenters. The molecule has 1 aromatic rings. The van der Waals surface area contributed by atoms with Crippen LogP contribution in [0.15, 0.2) is 11.3 Å². The van der Waals surface area contributed by atoms with Crippen molar-refractivity contribution in [2.75, 3.05) is 7.05 Å². The zero-order valence-electron chi connectivity index (χ0n) is 13.3. The van der Waals surface area contributed by atoms with Crippen molar-refractivity contribution in [2.45, 2.75) is 45.7 Å². The highest BCUT2D eigenvalue weighted by Gasteiger charge is 2.24. The molecular weight excluding hydrogens is 379 g/mol. The van der Waals surface area contributed by atoms with Gasteiger partial charge in [-0.3, -0.25) is 9.67 Å². The number of guanidine groups is 1. The van der Waals surface area contributed by atoms with E-state index in [0.717, 1.165) is 23.6 Å². The van der Waals surface area contributed by atoms with Gasteiger partial charge in [-0.05, 0) is 31.1 Å². The van der Waals surface area contributed by atoms with Crippen LogP contribution in [-0.4, -0.2) is 33.8 Å².